The summed E-state index contributed by atoms with van der Waals surface area (Å²) in [5.74, 6) is 0. The van der Waals surface area contributed by atoms with E-state index >= 15 is 0 Å². The zero-order valence-electron chi connectivity index (χ0n) is 23.3. The SMILES string of the molecule is c1ccc2c(c1)-c1ccccc1C21c2ccccc2-c2cccc3c(-c4ccc5ccc6cccnc6c5n4)ccc1c23. The summed E-state index contributed by atoms with van der Waals surface area (Å²) in [7, 11) is 0. The van der Waals surface area contributed by atoms with Crippen molar-refractivity contribution < 1.29 is 0 Å². The van der Waals surface area contributed by atoms with Gasteiger partial charge >= 0.3 is 0 Å². The van der Waals surface area contributed by atoms with Crippen LogP contribution in [0.4, 0.5) is 0 Å². The molecule has 43 heavy (non-hydrogen) atoms. The Morgan fingerprint density at radius 3 is 1.72 bits per heavy atom. The predicted octanol–water partition coefficient (Wildman–Crippen LogP) is 9.95. The Labute approximate surface area is 248 Å². The van der Waals surface area contributed by atoms with Gasteiger partial charge in [0.15, 0.2) is 0 Å². The van der Waals surface area contributed by atoms with Crippen LogP contribution in [0.3, 0.4) is 0 Å². The van der Waals surface area contributed by atoms with E-state index in [9.17, 15) is 0 Å². The molecule has 0 atom stereocenters. The lowest BCUT2D eigenvalue weighted by Crippen LogP contribution is -2.31. The lowest BCUT2D eigenvalue weighted by Gasteiger charge is -2.40. The molecule has 2 aliphatic carbocycles. The molecule has 10 rings (SSSR count). The van der Waals surface area contributed by atoms with Crippen LogP contribution in [0, 0.1) is 0 Å². The Kier molecular flexibility index (Phi) is 4.41. The van der Waals surface area contributed by atoms with Gasteiger partial charge in [0.1, 0.15) is 0 Å². The van der Waals surface area contributed by atoms with Crippen molar-refractivity contribution in [3.8, 4) is 33.5 Å². The highest BCUT2D eigenvalue weighted by molar-refractivity contribution is 6.12. The van der Waals surface area contributed by atoms with Crippen molar-refractivity contribution in [1.82, 2.24) is 9.97 Å². The fraction of sp³-hybridized carbons (Fsp3) is 0.0244. The Bertz CT molecular complexity index is 2430. The molecule has 2 heteroatoms. The van der Waals surface area contributed by atoms with Crippen LogP contribution in [0.2, 0.25) is 0 Å². The van der Waals surface area contributed by atoms with Gasteiger partial charge in [-0.15, -0.1) is 0 Å². The summed E-state index contributed by atoms with van der Waals surface area (Å²) >= 11 is 0. The van der Waals surface area contributed by atoms with Crippen molar-refractivity contribution in [1.29, 1.82) is 0 Å². The van der Waals surface area contributed by atoms with Crippen LogP contribution in [0.1, 0.15) is 22.3 Å². The normalized spacial score (nSPS) is 13.8. The van der Waals surface area contributed by atoms with Gasteiger partial charge in [-0.3, -0.25) is 4.98 Å². The second-order valence-corrected chi connectivity index (χ2v) is 11.7. The molecule has 0 fully saturated rings. The Balaban J connectivity index is 1.34. The predicted molar refractivity (Wildman–Crippen MR) is 176 cm³/mol. The summed E-state index contributed by atoms with van der Waals surface area (Å²) in [5, 5.41) is 4.74. The number of hydrogen-bond acceptors (Lipinski definition) is 2. The second kappa shape index (κ2) is 8.24. The molecule has 6 aromatic carbocycles. The molecule has 2 heterocycles. The van der Waals surface area contributed by atoms with Crippen LogP contribution < -0.4 is 0 Å². The summed E-state index contributed by atoms with van der Waals surface area (Å²) in [4.78, 5) is 9.98. The third kappa shape index (κ3) is 2.83. The van der Waals surface area contributed by atoms with Gasteiger partial charge in [-0.1, -0.05) is 127 Å². The van der Waals surface area contributed by atoms with Crippen LogP contribution >= 0.6 is 0 Å². The maximum atomic E-state index is 5.27. The topological polar surface area (TPSA) is 25.8 Å². The van der Waals surface area contributed by atoms with E-state index in [4.69, 9.17) is 9.97 Å². The minimum absolute atomic E-state index is 0.397. The molecule has 0 bridgehead atoms. The van der Waals surface area contributed by atoms with Crippen molar-refractivity contribution in [2.24, 2.45) is 0 Å². The van der Waals surface area contributed by atoms with Gasteiger partial charge in [-0.05, 0) is 67.4 Å². The summed E-state index contributed by atoms with van der Waals surface area (Å²) in [6.07, 6.45) is 1.85. The van der Waals surface area contributed by atoms with Gasteiger partial charge in [0.25, 0.3) is 0 Å². The average Bonchev–Trinajstić information content (AvgIpc) is 3.37. The fourth-order valence-electron chi connectivity index (χ4n) is 8.05. The summed E-state index contributed by atoms with van der Waals surface area (Å²) in [6, 6.07) is 51.1. The van der Waals surface area contributed by atoms with Crippen LogP contribution in [-0.2, 0) is 5.41 Å². The third-order valence-corrected chi connectivity index (χ3v) is 9.73. The molecule has 2 aromatic heterocycles. The molecule has 2 nitrogen and oxygen atoms in total. The number of benzene rings is 6. The van der Waals surface area contributed by atoms with Crippen molar-refractivity contribution in [2.45, 2.75) is 5.41 Å². The van der Waals surface area contributed by atoms with Crippen molar-refractivity contribution >= 4 is 32.6 Å². The third-order valence-electron chi connectivity index (χ3n) is 9.73. The maximum absolute atomic E-state index is 5.27. The Hall–Kier alpha value is -5.60. The standard InChI is InChI=1S/C41H24N2/c1-4-15-33-27(10-1)28-11-2-5-16-34(28)41(33)35-17-6-3-12-29(35)31-13-7-14-32-30(21-22-36(41)38(31)32)37-23-20-26-19-18-25-9-8-24-42-39(25)40(26)43-37/h1-24H. The minimum Gasteiger partial charge on any atom is -0.254 e. The quantitative estimate of drug-likeness (QED) is 0.192. The van der Waals surface area contributed by atoms with E-state index in [0.717, 1.165) is 33.1 Å². The molecule has 0 unspecified atom stereocenters. The van der Waals surface area contributed by atoms with E-state index in [0.29, 0.717) is 0 Å². The molecule has 0 radical (unpaired) electrons. The summed E-state index contributed by atoms with van der Waals surface area (Å²) in [6.45, 7) is 0. The van der Waals surface area contributed by atoms with Crippen LogP contribution in [0.25, 0.3) is 66.1 Å². The molecular formula is C41H24N2. The molecule has 2 aliphatic rings. The number of fused-ring (bicyclic) bond motifs is 12. The van der Waals surface area contributed by atoms with E-state index in [1.165, 1.54) is 55.3 Å². The highest BCUT2D eigenvalue weighted by Gasteiger charge is 2.49. The number of aromatic nitrogens is 2. The Morgan fingerprint density at radius 1 is 0.395 bits per heavy atom. The van der Waals surface area contributed by atoms with Crippen molar-refractivity contribution in [3.05, 3.63) is 168 Å². The molecular weight excluding hydrogens is 520 g/mol. The first-order chi connectivity index (χ1) is 21.3. The van der Waals surface area contributed by atoms with E-state index in [-0.39, 0.29) is 0 Å². The molecule has 0 saturated heterocycles. The molecule has 0 saturated carbocycles. The average molecular weight is 545 g/mol. The zero-order chi connectivity index (χ0) is 28.1. The Morgan fingerprint density at radius 2 is 1.00 bits per heavy atom. The highest BCUT2D eigenvalue weighted by Crippen LogP contribution is 2.62. The largest absolute Gasteiger partial charge is 0.254 e. The molecule has 198 valence electrons. The van der Waals surface area contributed by atoms with Gasteiger partial charge in [0.05, 0.1) is 22.1 Å². The van der Waals surface area contributed by atoms with Crippen LogP contribution in [0.15, 0.2) is 146 Å². The van der Waals surface area contributed by atoms with E-state index in [1.807, 2.05) is 12.3 Å². The lowest BCUT2D eigenvalue weighted by molar-refractivity contribution is 0.773. The lowest BCUT2D eigenvalue weighted by atomic mass is 9.61. The van der Waals surface area contributed by atoms with E-state index < -0.39 is 5.41 Å². The molecule has 0 aliphatic heterocycles. The number of rotatable bonds is 1. The minimum atomic E-state index is -0.397. The molecule has 1 spiro atoms. The van der Waals surface area contributed by atoms with Gasteiger partial charge < -0.3 is 0 Å². The van der Waals surface area contributed by atoms with Crippen molar-refractivity contribution in [2.75, 3.05) is 0 Å². The second-order valence-electron chi connectivity index (χ2n) is 11.7. The van der Waals surface area contributed by atoms with Gasteiger partial charge in [-0.2, -0.15) is 0 Å². The number of hydrogen-bond donors (Lipinski definition) is 0. The molecule has 0 amide bonds. The first kappa shape index (κ1) is 23.0. The summed E-state index contributed by atoms with van der Waals surface area (Å²) in [5.41, 5.74) is 14.2. The zero-order valence-corrected chi connectivity index (χ0v) is 23.3. The summed E-state index contributed by atoms with van der Waals surface area (Å²) < 4.78 is 0. The first-order valence-electron chi connectivity index (χ1n) is 14.8. The first-order valence-corrected chi connectivity index (χ1v) is 14.8. The highest BCUT2D eigenvalue weighted by atomic mass is 14.8. The van der Waals surface area contributed by atoms with Crippen molar-refractivity contribution in [3.63, 3.8) is 0 Å². The molecule has 8 aromatic rings. The van der Waals surface area contributed by atoms with Gasteiger partial charge in [0, 0.05) is 22.5 Å². The van der Waals surface area contributed by atoms with E-state index in [1.54, 1.807) is 0 Å². The van der Waals surface area contributed by atoms with Crippen LogP contribution in [0.5, 0.6) is 0 Å². The fourth-order valence-corrected chi connectivity index (χ4v) is 8.05. The molecule has 0 N–H and O–H groups in total. The van der Waals surface area contributed by atoms with Gasteiger partial charge in [-0.25, -0.2) is 4.98 Å². The van der Waals surface area contributed by atoms with Gasteiger partial charge in [0.2, 0.25) is 0 Å². The number of nitrogens with zero attached hydrogens (tertiary/aromatic N) is 2. The number of pyridine rings is 2. The monoisotopic (exact) mass is 544 g/mol. The smallest absolute Gasteiger partial charge is 0.0972 e. The van der Waals surface area contributed by atoms with Crippen LogP contribution in [-0.4, -0.2) is 9.97 Å². The van der Waals surface area contributed by atoms with E-state index in [2.05, 4.69) is 133 Å². The maximum Gasteiger partial charge on any atom is 0.0972 e.